The SMILES string of the molecule is CC/C=C\C/C=C\C/C=C\C/C=C\C/C=C\C/C=C\CCCCCCCCCCCCCCC(=O)NC(COP(=O)(O)OCC[N+](C)(C)C)C(O)/C=C/CCCCCCCCCC. The van der Waals surface area contributed by atoms with Crippen LogP contribution in [0.4, 0.5) is 0 Å². The van der Waals surface area contributed by atoms with Gasteiger partial charge in [0.05, 0.1) is 39.9 Å². The van der Waals surface area contributed by atoms with Crippen LogP contribution < -0.4 is 5.32 Å². The monoisotopic (exact) mass is 902 g/mol. The lowest BCUT2D eigenvalue weighted by molar-refractivity contribution is -0.870. The topological polar surface area (TPSA) is 105 Å². The van der Waals surface area contributed by atoms with Crippen LogP contribution in [0.25, 0.3) is 0 Å². The summed E-state index contributed by atoms with van der Waals surface area (Å²) >= 11 is 0. The fourth-order valence-electron chi connectivity index (χ4n) is 6.87. The van der Waals surface area contributed by atoms with Gasteiger partial charge in [-0.2, -0.15) is 0 Å². The Morgan fingerprint density at radius 1 is 0.556 bits per heavy atom. The van der Waals surface area contributed by atoms with Crippen molar-refractivity contribution in [1.29, 1.82) is 0 Å². The average Bonchev–Trinajstić information content (AvgIpc) is 3.24. The average molecular weight is 902 g/mol. The minimum Gasteiger partial charge on any atom is -0.387 e. The van der Waals surface area contributed by atoms with Crippen LogP contribution in [0.1, 0.15) is 200 Å². The van der Waals surface area contributed by atoms with Crippen molar-refractivity contribution in [3.63, 3.8) is 0 Å². The van der Waals surface area contributed by atoms with Crippen molar-refractivity contribution in [3.8, 4) is 0 Å². The normalized spacial score (nSPS) is 14.8. The van der Waals surface area contributed by atoms with E-state index in [9.17, 15) is 19.4 Å². The summed E-state index contributed by atoms with van der Waals surface area (Å²) in [5, 5.41) is 13.8. The van der Waals surface area contributed by atoms with E-state index in [1.54, 1.807) is 6.08 Å². The van der Waals surface area contributed by atoms with Gasteiger partial charge in [-0.25, -0.2) is 4.57 Å². The van der Waals surface area contributed by atoms with Gasteiger partial charge in [0.2, 0.25) is 5.91 Å². The maximum absolute atomic E-state index is 12.9. The van der Waals surface area contributed by atoms with E-state index >= 15 is 0 Å². The molecule has 0 bridgehead atoms. The van der Waals surface area contributed by atoms with Crippen LogP contribution in [0.15, 0.2) is 85.1 Å². The number of aliphatic hydroxyl groups is 1. The van der Waals surface area contributed by atoms with Gasteiger partial charge in [0.1, 0.15) is 13.2 Å². The molecule has 0 radical (unpaired) electrons. The van der Waals surface area contributed by atoms with Crippen LogP contribution in [0, 0.1) is 0 Å². The van der Waals surface area contributed by atoms with E-state index in [2.05, 4.69) is 92.1 Å². The highest BCUT2D eigenvalue weighted by molar-refractivity contribution is 7.47. The molecule has 0 aliphatic heterocycles. The second-order valence-corrected chi connectivity index (χ2v) is 19.6. The molecular formula is C54H98N2O6P+. The van der Waals surface area contributed by atoms with Crippen LogP contribution in [-0.4, -0.2) is 73.4 Å². The fourth-order valence-corrected chi connectivity index (χ4v) is 7.60. The predicted molar refractivity (Wildman–Crippen MR) is 272 cm³/mol. The zero-order chi connectivity index (χ0) is 46.4. The first-order valence-corrected chi connectivity index (χ1v) is 27.0. The first-order chi connectivity index (χ1) is 30.5. The second-order valence-electron chi connectivity index (χ2n) is 18.2. The molecule has 3 unspecified atom stereocenters. The molecule has 9 heteroatoms. The van der Waals surface area contributed by atoms with Crippen LogP contribution in [-0.2, 0) is 18.4 Å². The van der Waals surface area contributed by atoms with Crippen molar-refractivity contribution in [2.75, 3.05) is 40.9 Å². The molecule has 0 heterocycles. The van der Waals surface area contributed by atoms with Gasteiger partial charge in [-0.1, -0.05) is 208 Å². The molecule has 0 rings (SSSR count). The number of aliphatic hydroxyl groups excluding tert-OH is 1. The van der Waals surface area contributed by atoms with Gasteiger partial charge in [-0.15, -0.1) is 0 Å². The number of allylic oxidation sites excluding steroid dienone is 13. The van der Waals surface area contributed by atoms with Crippen molar-refractivity contribution in [3.05, 3.63) is 85.1 Å². The number of phosphoric ester groups is 1. The van der Waals surface area contributed by atoms with Crippen molar-refractivity contribution in [1.82, 2.24) is 5.32 Å². The third kappa shape index (κ3) is 47.5. The minimum atomic E-state index is -4.34. The summed E-state index contributed by atoms with van der Waals surface area (Å²) in [7, 11) is 1.56. The van der Waals surface area contributed by atoms with E-state index in [0.29, 0.717) is 17.4 Å². The number of nitrogens with zero attached hydrogens (tertiary/aromatic N) is 1. The molecule has 0 aromatic heterocycles. The van der Waals surface area contributed by atoms with Crippen molar-refractivity contribution in [2.45, 2.75) is 212 Å². The summed E-state index contributed by atoms with van der Waals surface area (Å²) in [6.07, 6.45) is 62.5. The van der Waals surface area contributed by atoms with E-state index in [0.717, 1.165) is 77.0 Å². The van der Waals surface area contributed by atoms with Crippen molar-refractivity contribution in [2.24, 2.45) is 0 Å². The zero-order valence-electron chi connectivity index (χ0n) is 41.3. The van der Waals surface area contributed by atoms with Gasteiger partial charge < -0.3 is 19.8 Å². The summed E-state index contributed by atoms with van der Waals surface area (Å²) in [6, 6.07) is -0.850. The number of hydrogen-bond acceptors (Lipinski definition) is 5. The number of nitrogens with one attached hydrogen (secondary N) is 1. The van der Waals surface area contributed by atoms with Crippen molar-refractivity contribution >= 4 is 13.7 Å². The van der Waals surface area contributed by atoms with E-state index < -0.39 is 20.0 Å². The Hall–Kier alpha value is -2.32. The summed E-state index contributed by atoms with van der Waals surface area (Å²) in [5.41, 5.74) is 0. The molecule has 0 aromatic rings. The lowest BCUT2D eigenvalue weighted by Crippen LogP contribution is -2.45. The number of quaternary nitrogens is 1. The molecule has 0 saturated heterocycles. The Morgan fingerprint density at radius 3 is 1.40 bits per heavy atom. The summed E-state index contributed by atoms with van der Waals surface area (Å²) in [6.45, 7) is 4.66. The predicted octanol–water partition coefficient (Wildman–Crippen LogP) is 14.9. The third-order valence-corrected chi connectivity index (χ3v) is 11.9. The molecule has 0 aliphatic rings. The van der Waals surface area contributed by atoms with E-state index in [-0.39, 0.29) is 19.1 Å². The Bertz CT molecular complexity index is 1300. The maximum Gasteiger partial charge on any atom is 0.472 e. The highest BCUT2D eigenvalue weighted by Crippen LogP contribution is 2.43. The molecule has 0 aliphatic carbocycles. The Labute approximate surface area is 388 Å². The molecule has 0 aromatic carbocycles. The summed E-state index contributed by atoms with van der Waals surface area (Å²) in [5.74, 6) is -0.185. The highest BCUT2D eigenvalue weighted by Gasteiger charge is 2.27. The summed E-state index contributed by atoms with van der Waals surface area (Å²) < 4.78 is 23.6. The number of likely N-dealkylation sites (N-methyl/N-ethyl adjacent to an activating group) is 1. The zero-order valence-corrected chi connectivity index (χ0v) is 42.2. The highest BCUT2D eigenvalue weighted by atomic mass is 31.2. The molecule has 0 spiro atoms. The number of phosphoric acid groups is 1. The number of rotatable bonds is 45. The van der Waals surface area contributed by atoms with Gasteiger partial charge in [0.15, 0.2) is 0 Å². The van der Waals surface area contributed by atoms with E-state index in [1.165, 1.54) is 103 Å². The molecular weight excluding hydrogens is 804 g/mol. The van der Waals surface area contributed by atoms with Gasteiger partial charge in [0, 0.05) is 6.42 Å². The first-order valence-electron chi connectivity index (χ1n) is 25.5. The number of unbranched alkanes of at least 4 members (excludes halogenated alkanes) is 20. The molecule has 3 atom stereocenters. The Kier molecular flexibility index (Phi) is 43.2. The lowest BCUT2D eigenvalue weighted by atomic mass is 10.0. The van der Waals surface area contributed by atoms with Gasteiger partial charge in [-0.3, -0.25) is 13.8 Å². The van der Waals surface area contributed by atoms with Gasteiger partial charge >= 0.3 is 7.82 Å². The molecule has 1 amide bonds. The molecule has 63 heavy (non-hydrogen) atoms. The fraction of sp³-hybridized carbons (Fsp3) is 0.722. The number of carbonyl (C=O) groups is 1. The maximum atomic E-state index is 12.9. The van der Waals surface area contributed by atoms with E-state index in [1.807, 2.05) is 27.2 Å². The molecule has 0 saturated carbocycles. The standard InChI is InChI=1S/C54H97N2O6P/c1-6-8-10-12-14-16-18-19-20-21-22-23-24-25-26-27-28-29-30-31-32-33-34-35-36-37-38-40-42-44-46-48-54(58)55-52(51-62-63(59,60)61-50-49-56(3,4)5)53(57)47-45-43-41-39-17-15-13-11-9-7-2/h8,10,14,16,19-20,22-23,25-26,28-29,45,47,52-53,57H,6-7,9,11-13,15,17-18,21,24,27,30-44,46,48-51H2,1-5H3,(H-,55,58,59,60)/p+1/b10-8-,16-14-,20-19-,23-22-,26-25-,29-28-,47-45+. The van der Waals surface area contributed by atoms with Crippen LogP contribution in [0.3, 0.4) is 0 Å². The minimum absolute atomic E-state index is 0.0577. The molecule has 8 nitrogen and oxygen atoms in total. The Morgan fingerprint density at radius 2 is 0.952 bits per heavy atom. The molecule has 364 valence electrons. The number of carbonyl (C=O) groups excluding carboxylic acids is 1. The first kappa shape index (κ1) is 60.7. The van der Waals surface area contributed by atoms with E-state index in [4.69, 9.17) is 9.05 Å². The van der Waals surface area contributed by atoms with Gasteiger partial charge in [-0.05, 0) is 70.6 Å². The van der Waals surface area contributed by atoms with Crippen LogP contribution in [0.5, 0.6) is 0 Å². The quantitative estimate of drug-likeness (QED) is 0.0243. The van der Waals surface area contributed by atoms with Crippen LogP contribution >= 0.6 is 7.82 Å². The number of hydrogen-bond donors (Lipinski definition) is 3. The Balaban J connectivity index is 4.11. The van der Waals surface area contributed by atoms with Crippen molar-refractivity contribution < 1.29 is 32.9 Å². The molecule has 0 fully saturated rings. The largest absolute Gasteiger partial charge is 0.472 e. The second kappa shape index (κ2) is 44.9. The third-order valence-electron chi connectivity index (χ3n) is 10.9. The van der Waals surface area contributed by atoms with Crippen LogP contribution in [0.2, 0.25) is 0 Å². The summed E-state index contributed by atoms with van der Waals surface area (Å²) in [4.78, 5) is 23.1. The molecule has 3 N–H and O–H groups in total. The van der Waals surface area contributed by atoms with Gasteiger partial charge in [0.25, 0.3) is 0 Å². The number of amides is 1. The smallest absolute Gasteiger partial charge is 0.387 e. The lowest BCUT2D eigenvalue weighted by Gasteiger charge is -2.25.